The molecular formula is C26H45I. The summed E-state index contributed by atoms with van der Waals surface area (Å²) in [6.07, 6.45) is 22.8. The molecule has 156 valence electrons. The third-order valence-corrected chi connectivity index (χ3v) is 7.34. The van der Waals surface area contributed by atoms with Crippen LogP contribution in [0.5, 0.6) is 0 Å². The van der Waals surface area contributed by atoms with Gasteiger partial charge in [-0.25, -0.2) is 0 Å². The SMILES string of the molecule is CCCCCCCCCCCCCCCC(I)C(CCC)c1ccccc1. The van der Waals surface area contributed by atoms with Crippen LogP contribution < -0.4 is 0 Å². The molecule has 0 fully saturated rings. The van der Waals surface area contributed by atoms with Crippen molar-refractivity contribution in [3.63, 3.8) is 0 Å². The predicted molar refractivity (Wildman–Crippen MR) is 132 cm³/mol. The molecule has 0 N–H and O–H groups in total. The molecule has 1 rings (SSSR count). The smallest absolute Gasteiger partial charge is 0.0178 e. The van der Waals surface area contributed by atoms with Gasteiger partial charge in [0.2, 0.25) is 0 Å². The molecule has 1 aromatic carbocycles. The molecule has 2 unspecified atom stereocenters. The van der Waals surface area contributed by atoms with Gasteiger partial charge in [0.15, 0.2) is 0 Å². The van der Waals surface area contributed by atoms with E-state index in [0.29, 0.717) is 0 Å². The molecule has 0 radical (unpaired) electrons. The van der Waals surface area contributed by atoms with Crippen molar-refractivity contribution in [3.8, 4) is 0 Å². The third-order valence-electron chi connectivity index (χ3n) is 5.85. The van der Waals surface area contributed by atoms with E-state index in [1.165, 1.54) is 103 Å². The lowest BCUT2D eigenvalue weighted by Crippen LogP contribution is -2.12. The van der Waals surface area contributed by atoms with Crippen LogP contribution in [0.1, 0.15) is 128 Å². The summed E-state index contributed by atoms with van der Waals surface area (Å²) in [6.45, 7) is 4.62. The maximum absolute atomic E-state index is 2.73. The molecule has 0 aliphatic carbocycles. The van der Waals surface area contributed by atoms with Crippen molar-refractivity contribution in [2.75, 3.05) is 0 Å². The van der Waals surface area contributed by atoms with Crippen molar-refractivity contribution in [1.29, 1.82) is 0 Å². The third kappa shape index (κ3) is 12.9. The lowest BCUT2D eigenvalue weighted by atomic mass is 9.89. The van der Waals surface area contributed by atoms with Crippen molar-refractivity contribution in [2.45, 2.75) is 126 Å². The molecule has 0 nitrogen and oxygen atoms in total. The van der Waals surface area contributed by atoms with Crippen LogP contribution in [0.15, 0.2) is 30.3 Å². The lowest BCUT2D eigenvalue weighted by molar-refractivity contribution is 0.518. The molecule has 0 saturated heterocycles. The minimum Gasteiger partial charge on any atom is -0.0820 e. The quantitative estimate of drug-likeness (QED) is 0.110. The van der Waals surface area contributed by atoms with Crippen molar-refractivity contribution < 1.29 is 0 Å². The van der Waals surface area contributed by atoms with E-state index in [4.69, 9.17) is 0 Å². The van der Waals surface area contributed by atoms with Gasteiger partial charge in [-0.05, 0) is 24.3 Å². The molecule has 0 heterocycles. The first kappa shape index (κ1) is 25.0. The highest BCUT2D eigenvalue weighted by atomic mass is 127. The molecule has 2 atom stereocenters. The number of unbranched alkanes of at least 4 members (excludes halogenated alkanes) is 12. The fourth-order valence-corrected chi connectivity index (χ4v) is 5.34. The van der Waals surface area contributed by atoms with Crippen LogP contribution in [-0.2, 0) is 0 Å². The Morgan fingerprint density at radius 1 is 0.593 bits per heavy atom. The fraction of sp³-hybridized carbons (Fsp3) is 0.769. The molecule has 0 saturated carbocycles. The Morgan fingerprint density at radius 2 is 1.07 bits per heavy atom. The van der Waals surface area contributed by atoms with E-state index >= 15 is 0 Å². The Labute approximate surface area is 184 Å². The van der Waals surface area contributed by atoms with E-state index in [1.54, 1.807) is 5.56 Å². The van der Waals surface area contributed by atoms with Crippen LogP contribution in [0.25, 0.3) is 0 Å². The van der Waals surface area contributed by atoms with E-state index in [9.17, 15) is 0 Å². The molecule has 1 heteroatoms. The second-order valence-electron chi connectivity index (χ2n) is 8.35. The highest BCUT2D eigenvalue weighted by Gasteiger charge is 2.19. The monoisotopic (exact) mass is 484 g/mol. The number of alkyl halides is 1. The first-order valence-corrected chi connectivity index (χ1v) is 13.2. The number of benzene rings is 1. The topological polar surface area (TPSA) is 0 Å². The zero-order chi connectivity index (χ0) is 19.6. The Morgan fingerprint density at radius 3 is 1.56 bits per heavy atom. The summed E-state index contributed by atoms with van der Waals surface area (Å²) in [5, 5.41) is 0. The second kappa shape index (κ2) is 18.0. The Bertz CT molecular complexity index is 413. The minimum atomic E-state index is 0.745. The van der Waals surface area contributed by atoms with Crippen molar-refractivity contribution in [3.05, 3.63) is 35.9 Å². The van der Waals surface area contributed by atoms with Gasteiger partial charge >= 0.3 is 0 Å². The van der Waals surface area contributed by atoms with Gasteiger partial charge in [-0.15, -0.1) is 0 Å². The summed E-state index contributed by atoms with van der Waals surface area (Å²) in [7, 11) is 0. The van der Waals surface area contributed by atoms with E-state index in [2.05, 4.69) is 66.8 Å². The second-order valence-corrected chi connectivity index (χ2v) is 9.95. The summed E-state index contributed by atoms with van der Waals surface area (Å²) in [4.78, 5) is 0. The zero-order valence-electron chi connectivity index (χ0n) is 18.2. The van der Waals surface area contributed by atoms with Crippen LogP contribution in [0.2, 0.25) is 0 Å². The van der Waals surface area contributed by atoms with Gasteiger partial charge in [0, 0.05) is 3.92 Å². The first-order valence-electron chi connectivity index (χ1n) is 12.0. The average molecular weight is 485 g/mol. The number of halogens is 1. The molecule has 1 aromatic rings. The summed E-state index contributed by atoms with van der Waals surface area (Å²) in [5.74, 6) is 0.745. The maximum atomic E-state index is 2.73. The van der Waals surface area contributed by atoms with Gasteiger partial charge in [-0.2, -0.15) is 0 Å². The van der Waals surface area contributed by atoms with Gasteiger partial charge < -0.3 is 0 Å². The van der Waals surface area contributed by atoms with E-state index in [-0.39, 0.29) is 0 Å². The highest BCUT2D eigenvalue weighted by molar-refractivity contribution is 14.1. The first-order chi connectivity index (χ1) is 13.3. The zero-order valence-corrected chi connectivity index (χ0v) is 20.4. The average Bonchev–Trinajstić information content (AvgIpc) is 2.70. The minimum absolute atomic E-state index is 0.745. The van der Waals surface area contributed by atoms with Crippen LogP contribution >= 0.6 is 22.6 Å². The van der Waals surface area contributed by atoms with Gasteiger partial charge in [0.1, 0.15) is 0 Å². The molecule has 27 heavy (non-hydrogen) atoms. The van der Waals surface area contributed by atoms with Gasteiger partial charge in [-0.1, -0.05) is 157 Å². The standard InChI is InChI=1S/C26H45I/c1-3-5-6-7-8-9-10-11-12-13-14-15-19-23-26(27)25(20-4-2)24-21-17-16-18-22-24/h16-18,21-22,25-26H,3-15,19-20,23H2,1-2H3. The van der Waals surface area contributed by atoms with Gasteiger partial charge in [0.05, 0.1) is 0 Å². The van der Waals surface area contributed by atoms with Crippen molar-refractivity contribution in [2.24, 2.45) is 0 Å². The van der Waals surface area contributed by atoms with Crippen LogP contribution in [0.4, 0.5) is 0 Å². The number of hydrogen-bond donors (Lipinski definition) is 0. The lowest BCUT2D eigenvalue weighted by Gasteiger charge is -2.23. The summed E-state index contributed by atoms with van der Waals surface area (Å²) < 4.78 is 0.789. The highest BCUT2D eigenvalue weighted by Crippen LogP contribution is 2.33. The molecule has 0 aliphatic rings. The van der Waals surface area contributed by atoms with Gasteiger partial charge in [-0.3, -0.25) is 0 Å². The largest absolute Gasteiger partial charge is 0.0820 e. The van der Waals surface area contributed by atoms with Crippen molar-refractivity contribution >= 4 is 22.6 Å². The molecule has 0 amide bonds. The van der Waals surface area contributed by atoms with Crippen LogP contribution in [0.3, 0.4) is 0 Å². The predicted octanol–water partition coefficient (Wildman–Crippen LogP) is 9.86. The normalized spacial score (nSPS) is 13.6. The number of hydrogen-bond acceptors (Lipinski definition) is 0. The summed E-state index contributed by atoms with van der Waals surface area (Å²) in [5.41, 5.74) is 1.55. The molecule has 0 spiro atoms. The fourth-order valence-electron chi connectivity index (χ4n) is 4.13. The summed E-state index contributed by atoms with van der Waals surface area (Å²) >= 11 is 2.73. The molecule has 0 aliphatic heterocycles. The van der Waals surface area contributed by atoms with E-state index < -0.39 is 0 Å². The number of rotatable bonds is 18. The van der Waals surface area contributed by atoms with Gasteiger partial charge in [0.25, 0.3) is 0 Å². The van der Waals surface area contributed by atoms with Crippen molar-refractivity contribution in [1.82, 2.24) is 0 Å². The molecular weight excluding hydrogens is 439 g/mol. The summed E-state index contributed by atoms with van der Waals surface area (Å²) in [6, 6.07) is 11.2. The van der Waals surface area contributed by atoms with Crippen LogP contribution in [0, 0.1) is 0 Å². The molecule has 0 bridgehead atoms. The van der Waals surface area contributed by atoms with Crippen LogP contribution in [-0.4, -0.2) is 3.92 Å². The molecule has 0 aromatic heterocycles. The maximum Gasteiger partial charge on any atom is 0.0178 e. The van der Waals surface area contributed by atoms with E-state index in [1.807, 2.05) is 0 Å². The Balaban J connectivity index is 2.00. The Kier molecular flexibility index (Phi) is 16.7. The Hall–Kier alpha value is -0.0500. The van der Waals surface area contributed by atoms with E-state index in [0.717, 1.165) is 9.84 Å².